The second kappa shape index (κ2) is 6.40. The molecule has 122 valence electrons. The quantitative estimate of drug-likeness (QED) is 0.686. The highest BCUT2D eigenvalue weighted by atomic mass is 16.3. The third-order valence-electron chi connectivity index (χ3n) is 4.68. The van der Waals surface area contributed by atoms with Crippen molar-refractivity contribution < 1.29 is 9.90 Å². The van der Waals surface area contributed by atoms with E-state index in [0.29, 0.717) is 12.0 Å². The van der Waals surface area contributed by atoms with Gasteiger partial charge in [-0.25, -0.2) is 0 Å². The first-order valence-corrected chi connectivity index (χ1v) is 8.44. The minimum Gasteiger partial charge on any atom is -0.508 e. The molecule has 0 unspecified atom stereocenters. The van der Waals surface area contributed by atoms with Crippen molar-refractivity contribution in [3.63, 3.8) is 0 Å². The number of rotatable bonds is 3. The third-order valence-corrected chi connectivity index (χ3v) is 4.68. The molecule has 0 fully saturated rings. The number of aromatic hydroxyl groups is 1. The molecule has 2 nitrogen and oxygen atoms in total. The largest absolute Gasteiger partial charge is 0.508 e. The van der Waals surface area contributed by atoms with Crippen LogP contribution in [-0.4, -0.2) is 10.9 Å². The number of ketones is 1. The van der Waals surface area contributed by atoms with Gasteiger partial charge in [0, 0.05) is 11.1 Å². The maximum Gasteiger partial charge on any atom is 0.189 e. The van der Waals surface area contributed by atoms with Crippen LogP contribution < -0.4 is 0 Å². The second-order valence-electron chi connectivity index (χ2n) is 6.26. The van der Waals surface area contributed by atoms with Crippen LogP contribution in [0.4, 0.5) is 0 Å². The summed E-state index contributed by atoms with van der Waals surface area (Å²) in [6.45, 7) is 0. The van der Waals surface area contributed by atoms with Crippen LogP contribution >= 0.6 is 0 Å². The number of aryl methyl sites for hydroxylation is 1. The number of allylic oxidation sites excluding steroid dienone is 1. The minimum atomic E-state index is 0.0634. The van der Waals surface area contributed by atoms with Crippen LogP contribution in [0.5, 0.6) is 5.75 Å². The molecular formula is C23H18O2. The number of fused-ring (bicyclic) bond motifs is 1. The van der Waals surface area contributed by atoms with Gasteiger partial charge in [0.25, 0.3) is 0 Å². The van der Waals surface area contributed by atoms with Gasteiger partial charge in [-0.3, -0.25) is 4.79 Å². The van der Waals surface area contributed by atoms with Gasteiger partial charge in [-0.2, -0.15) is 0 Å². The van der Waals surface area contributed by atoms with E-state index in [1.165, 1.54) is 5.56 Å². The summed E-state index contributed by atoms with van der Waals surface area (Å²) >= 11 is 0. The molecule has 0 spiro atoms. The van der Waals surface area contributed by atoms with Crippen molar-refractivity contribution >= 4 is 11.4 Å². The van der Waals surface area contributed by atoms with Gasteiger partial charge < -0.3 is 5.11 Å². The lowest BCUT2D eigenvalue weighted by Gasteiger charge is -2.23. The predicted octanol–water partition coefficient (Wildman–Crippen LogP) is 5.02. The smallest absolute Gasteiger partial charge is 0.189 e. The molecule has 0 saturated heterocycles. The Morgan fingerprint density at radius 2 is 1.48 bits per heavy atom. The molecule has 0 aliphatic heterocycles. The normalized spacial score (nSPS) is 13.4. The molecular weight excluding hydrogens is 308 g/mol. The maximum absolute atomic E-state index is 13.2. The summed E-state index contributed by atoms with van der Waals surface area (Å²) in [5.41, 5.74) is 5.59. The first-order chi connectivity index (χ1) is 12.2. The molecule has 4 rings (SSSR count). The van der Waals surface area contributed by atoms with Crippen LogP contribution in [0.3, 0.4) is 0 Å². The zero-order valence-corrected chi connectivity index (χ0v) is 13.8. The lowest BCUT2D eigenvalue weighted by Crippen LogP contribution is -2.13. The average molecular weight is 326 g/mol. The highest BCUT2D eigenvalue weighted by Gasteiger charge is 2.25. The summed E-state index contributed by atoms with van der Waals surface area (Å²) in [7, 11) is 0. The predicted molar refractivity (Wildman–Crippen MR) is 99.7 cm³/mol. The summed E-state index contributed by atoms with van der Waals surface area (Å²) in [6, 6.07) is 24.8. The number of hydrogen-bond donors (Lipinski definition) is 1. The van der Waals surface area contributed by atoms with Crippen molar-refractivity contribution in [3.05, 3.63) is 107 Å². The Morgan fingerprint density at radius 1 is 0.800 bits per heavy atom. The minimum absolute atomic E-state index is 0.0634. The number of phenolic OH excluding ortho intramolecular Hbond substituents is 1. The van der Waals surface area contributed by atoms with Gasteiger partial charge >= 0.3 is 0 Å². The van der Waals surface area contributed by atoms with E-state index in [1.807, 2.05) is 66.7 Å². The van der Waals surface area contributed by atoms with Crippen molar-refractivity contribution in [3.8, 4) is 5.75 Å². The van der Waals surface area contributed by atoms with Crippen LogP contribution in [0.15, 0.2) is 84.4 Å². The van der Waals surface area contributed by atoms with E-state index in [2.05, 4.69) is 0 Å². The zero-order valence-electron chi connectivity index (χ0n) is 13.8. The van der Waals surface area contributed by atoms with Crippen LogP contribution in [0.1, 0.15) is 33.5 Å². The molecule has 0 aromatic heterocycles. The Bertz CT molecular complexity index is 954. The van der Waals surface area contributed by atoms with Gasteiger partial charge in [0.15, 0.2) is 5.78 Å². The number of benzene rings is 3. The zero-order chi connectivity index (χ0) is 17.2. The molecule has 0 radical (unpaired) electrons. The number of hydrogen-bond acceptors (Lipinski definition) is 2. The Kier molecular flexibility index (Phi) is 3.95. The number of carbonyl (C=O) groups excluding carboxylic acids is 1. The lowest BCUT2D eigenvalue weighted by atomic mass is 9.79. The van der Waals surface area contributed by atoms with E-state index in [1.54, 1.807) is 12.1 Å². The summed E-state index contributed by atoms with van der Waals surface area (Å²) in [6.07, 6.45) is 1.51. The average Bonchev–Trinajstić information content (AvgIpc) is 2.68. The highest BCUT2D eigenvalue weighted by Crippen LogP contribution is 2.38. The first-order valence-electron chi connectivity index (χ1n) is 8.44. The second-order valence-corrected chi connectivity index (χ2v) is 6.26. The first kappa shape index (κ1) is 15.4. The Morgan fingerprint density at radius 3 is 2.20 bits per heavy atom. The van der Waals surface area contributed by atoms with Crippen molar-refractivity contribution in [2.75, 3.05) is 0 Å². The summed E-state index contributed by atoms with van der Waals surface area (Å²) in [5.74, 6) is 0.286. The van der Waals surface area contributed by atoms with Gasteiger partial charge in [-0.1, -0.05) is 66.7 Å². The molecule has 0 bridgehead atoms. The SMILES string of the molecule is O=C(C1=C(c2ccccc2)c2cc(O)ccc2CC1)c1ccccc1. The van der Waals surface area contributed by atoms with E-state index in [-0.39, 0.29) is 11.5 Å². The summed E-state index contributed by atoms with van der Waals surface area (Å²) in [4.78, 5) is 13.2. The van der Waals surface area contributed by atoms with E-state index >= 15 is 0 Å². The van der Waals surface area contributed by atoms with E-state index in [9.17, 15) is 9.90 Å². The van der Waals surface area contributed by atoms with Gasteiger partial charge in [0.1, 0.15) is 5.75 Å². The maximum atomic E-state index is 13.2. The van der Waals surface area contributed by atoms with E-state index < -0.39 is 0 Å². The fourth-order valence-electron chi connectivity index (χ4n) is 3.49. The molecule has 0 heterocycles. The van der Waals surface area contributed by atoms with Gasteiger partial charge in [-0.05, 0) is 47.2 Å². The molecule has 2 heteroatoms. The molecule has 3 aromatic carbocycles. The Labute approximate surface area is 147 Å². The number of carbonyl (C=O) groups is 1. The van der Waals surface area contributed by atoms with E-state index in [0.717, 1.165) is 28.7 Å². The van der Waals surface area contributed by atoms with Crippen LogP contribution in [0.25, 0.3) is 5.57 Å². The molecule has 1 aliphatic carbocycles. The number of phenols is 1. The van der Waals surface area contributed by atoms with E-state index in [4.69, 9.17) is 0 Å². The number of Topliss-reactive ketones (excluding diaryl/α,β-unsaturated/α-hetero) is 1. The van der Waals surface area contributed by atoms with Crippen LogP contribution in [-0.2, 0) is 6.42 Å². The van der Waals surface area contributed by atoms with Crippen LogP contribution in [0.2, 0.25) is 0 Å². The van der Waals surface area contributed by atoms with Crippen molar-refractivity contribution in [1.82, 2.24) is 0 Å². The van der Waals surface area contributed by atoms with Crippen LogP contribution in [0, 0.1) is 0 Å². The molecule has 3 aromatic rings. The standard InChI is InChI=1S/C23H18O2/c24-19-13-11-16-12-14-20(23(25)18-9-5-2-6-10-18)22(21(16)15-19)17-7-3-1-4-8-17/h1-11,13,15,24H,12,14H2. The Hall–Kier alpha value is -3.13. The summed E-state index contributed by atoms with van der Waals surface area (Å²) < 4.78 is 0. The molecule has 0 amide bonds. The van der Waals surface area contributed by atoms with Gasteiger partial charge in [0.05, 0.1) is 0 Å². The molecule has 0 atom stereocenters. The monoisotopic (exact) mass is 326 g/mol. The van der Waals surface area contributed by atoms with Gasteiger partial charge in [0.2, 0.25) is 0 Å². The Balaban J connectivity index is 1.95. The topological polar surface area (TPSA) is 37.3 Å². The fraction of sp³-hybridized carbons (Fsp3) is 0.0870. The molecule has 1 aliphatic rings. The van der Waals surface area contributed by atoms with Crippen molar-refractivity contribution in [1.29, 1.82) is 0 Å². The van der Waals surface area contributed by atoms with Gasteiger partial charge in [-0.15, -0.1) is 0 Å². The molecule has 1 N–H and O–H groups in total. The fourth-order valence-corrected chi connectivity index (χ4v) is 3.49. The third kappa shape index (κ3) is 2.87. The highest BCUT2D eigenvalue weighted by molar-refractivity contribution is 6.15. The summed E-state index contributed by atoms with van der Waals surface area (Å²) in [5, 5.41) is 9.99. The molecule has 0 saturated carbocycles. The van der Waals surface area contributed by atoms with Crippen molar-refractivity contribution in [2.45, 2.75) is 12.8 Å². The molecule has 25 heavy (non-hydrogen) atoms. The van der Waals surface area contributed by atoms with Crippen molar-refractivity contribution in [2.24, 2.45) is 0 Å². The lowest BCUT2D eigenvalue weighted by molar-refractivity contribution is 0.103.